The van der Waals surface area contributed by atoms with Gasteiger partial charge in [0.25, 0.3) is 0 Å². The highest BCUT2D eigenvalue weighted by Gasteiger charge is 2.25. The van der Waals surface area contributed by atoms with Gasteiger partial charge in [-0.1, -0.05) is 29.8 Å². The van der Waals surface area contributed by atoms with Gasteiger partial charge in [-0.15, -0.1) is 0 Å². The molecule has 0 saturated carbocycles. The van der Waals surface area contributed by atoms with Gasteiger partial charge in [0.2, 0.25) is 0 Å². The molecule has 1 N–H and O–H groups in total. The van der Waals surface area contributed by atoms with E-state index in [1.54, 1.807) is 0 Å². The van der Waals surface area contributed by atoms with E-state index in [9.17, 15) is 0 Å². The lowest BCUT2D eigenvalue weighted by Gasteiger charge is -2.11. The maximum Gasteiger partial charge on any atom is 0.0925 e. The second-order valence-electron chi connectivity index (χ2n) is 3.74. The van der Waals surface area contributed by atoms with E-state index >= 15 is 0 Å². The Balaban J connectivity index is 2.47. The van der Waals surface area contributed by atoms with Crippen LogP contribution < -0.4 is 0 Å². The maximum absolute atomic E-state index is 8.53. The average Bonchev–Trinajstić information content (AvgIpc) is 2.45. The summed E-state index contributed by atoms with van der Waals surface area (Å²) in [4.78, 5) is 4.27. The Hall–Kier alpha value is -1.12. The van der Waals surface area contributed by atoms with Crippen LogP contribution in [0.2, 0.25) is 0 Å². The van der Waals surface area contributed by atoms with Gasteiger partial charge < -0.3 is 0 Å². The predicted molar refractivity (Wildman–Crippen MR) is 56.0 cm³/mol. The van der Waals surface area contributed by atoms with Gasteiger partial charge in [0.1, 0.15) is 0 Å². The number of hydrogen-bond acceptors (Lipinski definition) is 2. The summed E-state index contributed by atoms with van der Waals surface area (Å²) in [7, 11) is 0. The number of benzene rings is 1. The van der Waals surface area contributed by atoms with Crippen LogP contribution in [0.3, 0.4) is 0 Å². The van der Waals surface area contributed by atoms with Crippen molar-refractivity contribution in [3.63, 3.8) is 0 Å². The molecule has 0 fully saturated rings. The van der Waals surface area contributed by atoms with E-state index in [1.807, 2.05) is 12.1 Å². The van der Waals surface area contributed by atoms with E-state index in [0.29, 0.717) is 6.61 Å². The van der Waals surface area contributed by atoms with Crippen LogP contribution in [0, 0.1) is 0 Å². The molecule has 0 radical (unpaired) electrons. The van der Waals surface area contributed by atoms with E-state index in [4.69, 9.17) is 5.26 Å². The quantitative estimate of drug-likeness (QED) is 0.573. The van der Waals surface area contributed by atoms with Crippen molar-refractivity contribution in [2.75, 3.05) is 6.61 Å². The van der Waals surface area contributed by atoms with Gasteiger partial charge in [0.15, 0.2) is 0 Å². The highest BCUT2D eigenvalue weighted by atomic mass is 17.1. The van der Waals surface area contributed by atoms with Gasteiger partial charge in [0.05, 0.1) is 6.61 Å². The molecule has 0 amide bonds. The molecule has 1 aromatic rings. The van der Waals surface area contributed by atoms with E-state index in [-0.39, 0.29) is 5.92 Å². The first-order valence-corrected chi connectivity index (χ1v) is 4.78. The van der Waals surface area contributed by atoms with E-state index in [2.05, 4.69) is 30.9 Å². The van der Waals surface area contributed by atoms with Gasteiger partial charge in [-0.2, -0.15) is 0 Å². The summed E-state index contributed by atoms with van der Waals surface area (Å²) < 4.78 is 0. The Labute approximate surface area is 83.8 Å². The Morgan fingerprint density at radius 2 is 2.00 bits per heavy atom. The van der Waals surface area contributed by atoms with Gasteiger partial charge in [-0.3, -0.25) is 5.26 Å². The first kappa shape index (κ1) is 9.44. The monoisotopic (exact) mass is 190 g/mol. The normalized spacial score (nSPS) is 20.1. The van der Waals surface area contributed by atoms with Crippen LogP contribution in [0.1, 0.15) is 30.9 Å². The fourth-order valence-corrected chi connectivity index (χ4v) is 2.14. The summed E-state index contributed by atoms with van der Waals surface area (Å²) in [6.45, 7) is 4.56. The molecule has 2 rings (SSSR count). The summed E-state index contributed by atoms with van der Waals surface area (Å²) in [6, 6.07) is 8.28. The van der Waals surface area contributed by atoms with Crippen molar-refractivity contribution in [1.82, 2.24) is 0 Å². The average molecular weight is 190 g/mol. The lowest BCUT2D eigenvalue weighted by Crippen LogP contribution is -2.04. The van der Waals surface area contributed by atoms with Crippen molar-refractivity contribution in [2.24, 2.45) is 0 Å². The Kier molecular flexibility index (Phi) is 2.40. The first-order valence-electron chi connectivity index (χ1n) is 4.78. The summed E-state index contributed by atoms with van der Waals surface area (Å²) >= 11 is 0. The van der Waals surface area contributed by atoms with Crippen LogP contribution in [0.4, 0.5) is 0 Å². The summed E-state index contributed by atoms with van der Waals surface area (Å²) in [6.07, 6.45) is 0. The summed E-state index contributed by atoms with van der Waals surface area (Å²) in [5.41, 5.74) is 5.14. The first-order chi connectivity index (χ1) is 6.75. The number of allylic oxidation sites excluding steroid dienone is 1. The molecule has 2 heteroatoms. The molecular weight excluding hydrogens is 176 g/mol. The minimum atomic E-state index is 0.219. The smallest absolute Gasteiger partial charge is 0.0925 e. The number of rotatable bonds is 2. The van der Waals surface area contributed by atoms with Crippen molar-refractivity contribution in [3.8, 4) is 0 Å². The van der Waals surface area contributed by atoms with Gasteiger partial charge >= 0.3 is 0 Å². The van der Waals surface area contributed by atoms with Crippen molar-refractivity contribution >= 4 is 5.57 Å². The Morgan fingerprint density at radius 1 is 1.29 bits per heavy atom. The summed E-state index contributed by atoms with van der Waals surface area (Å²) in [5, 5.41) is 8.53. The molecule has 2 nitrogen and oxygen atoms in total. The SMILES string of the molecule is CC1=C(C)C(COO)c2ccccc21. The molecule has 0 heterocycles. The van der Waals surface area contributed by atoms with Crippen LogP contribution in [0.15, 0.2) is 29.8 Å². The van der Waals surface area contributed by atoms with Crippen LogP contribution in [0.25, 0.3) is 5.57 Å². The third-order valence-electron chi connectivity index (χ3n) is 3.10. The molecule has 0 saturated heterocycles. The second kappa shape index (κ2) is 3.56. The minimum Gasteiger partial charge on any atom is -0.252 e. The molecule has 1 aliphatic rings. The standard InChI is InChI=1S/C12H14O2/c1-8-9(2)12(7-14-13)11-6-4-3-5-10(8)11/h3-6,12-13H,7H2,1-2H3. The van der Waals surface area contributed by atoms with Gasteiger partial charge in [-0.25, -0.2) is 4.89 Å². The van der Waals surface area contributed by atoms with E-state index in [0.717, 1.165) is 0 Å². The van der Waals surface area contributed by atoms with E-state index in [1.165, 1.54) is 22.3 Å². The Morgan fingerprint density at radius 3 is 2.71 bits per heavy atom. The molecule has 0 aliphatic heterocycles. The van der Waals surface area contributed by atoms with Crippen LogP contribution in [0.5, 0.6) is 0 Å². The second-order valence-corrected chi connectivity index (χ2v) is 3.74. The van der Waals surface area contributed by atoms with Crippen molar-refractivity contribution in [3.05, 3.63) is 41.0 Å². The van der Waals surface area contributed by atoms with Crippen molar-refractivity contribution in [2.45, 2.75) is 19.8 Å². The fraction of sp³-hybridized carbons (Fsp3) is 0.333. The molecule has 1 aliphatic carbocycles. The fourth-order valence-electron chi connectivity index (χ4n) is 2.14. The van der Waals surface area contributed by atoms with Gasteiger partial charge in [-0.05, 0) is 30.5 Å². The van der Waals surface area contributed by atoms with Crippen LogP contribution in [-0.4, -0.2) is 11.9 Å². The lowest BCUT2D eigenvalue weighted by atomic mass is 9.98. The largest absolute Gasteiger partial charge is 0.252 e. The zero-order valence-electron chi connectivity index (χ0n) is 8.45. The Bertz CT molecular complexity index is 380. The zero-order chi connectivity index (χ0) is 10.1. The molecule has 0 aromatic heterocycles. The third-order valence-corrected chi connectivity index (χ3v) is 3.10. The molecule has 1 aromatic carbocycles. The molecule has 14 heavy (non-hydrogen) atoms. The molecular formula is C12H14O2. The molecule has 1 atom stereocenters. The van der Waals surface area contributed by atoms with Gasteiger partial charge in [0, 0.05) is 5.92 Å². The molecule has 1 unspecified atom stereocenters. The minimum absolute atomic E-state index is 0.219. The maximum atomic E-state index is 8.53. The number of fused-ring (bicyclic) bond motifs is 1. The van der Waals surface area contributed by atoms with Crippen LogP contribution >= 0.6 is 0 Å². The highest BCUT2D eigenvalue weighted by molar-refractivity contribution is 5.76. The zero-order valence-corrected chi connectivity index (χ0v) is 8.45. The third kappa shape index (κ3) is 1.27. The topological polar surface area (TPSA) is 29.5 Å². The summed E-state index contributed by atoms with van der Waals surface area (Å²) in [5.74, 6) is 0.219. The predicted octanol–water partition coefficient (Wildman–Crippen LogP) is 3.07. The molecule has 0 bridgehead atoms. The highest BCUT2D eigenvalue weighted by Crippen LogP contribution is 2.41. The number of hydrogen-bond donors (Lipinski definition) is 1. The van der Waals surface area contributed by atoms with Crippen molar-refractivity contribution in [1.29, 1.82) is 0 Å². The van der Waals surface area contributed by atoms with E-state index < -0.39 is 0 Å². The molecule has 74 valence electrons. The molecule has 0 spiro atoms. The van der Waals surface area contributed by atoms with Crippen molar-refractivity contribution < 1.29 is 10.1 Å². The van der Waals surface area contributed by atoms with Crippen LogP contribution in [-0.2, 0) is 4.89 Å². The lowest BCUT2D eigenvalue weighted by molar-refractivity contribution is -0.244.